The van der Waals surface area contributed by atoms with Gasteiger partial charge in [-0.3, -0.25) is 4.79 Å². The van der Waals surface area contributed by atoms with E-state index in [1.807, 2.05) is 4.90 Å². The van der Waals surface area contributed by atoms with Crippen LogP contribution < -0.4 is 10.2 Å². The molecule has 0 spiro atoms. The number of carbonyl (C=O) groups excluding carboxylic acids is 1. The summed E-state index contributed by atoms with van der Waals surface area (Å²) in [7, 11) is 0. The van der Waals surface area contributed by atoms with Gasteiger partial charge in [-0.15, -0.1) is 0 Å². The van der Waals surface area contributed by atoms with E-state index in [1.165, 1.54) is 12.1 Å². The third-order valence-corrected chi connectivity index (χ3v) is 3.44. The van der Waals surface area contributed by atoms with Crippen LogP contribution in [0, 0.1) is 0 Å². The second-order valence-corrected chi connectivity index (χ2v) is 5.04. The van der Waals surface area contributed by atoms with Gasteiger partial charge in [0, 0.05) is 18.8 Å². The Morgan fingerprint density at radius 3 is 2.32 bits per heavy atom. The summed E-state index contributed by atoms with van der Waals surface area (Å²) in [4.78, 5) is 24.1. The number of nitrogens with one attached hydrogen (secondary N) is 1. The molecular weight excluding hydrogens is 301 g/mol. The minimum Gasteiger partial charge on any atom is -0.478 e. The highest BCUT2D eigenvalue weighted by Crippen LogP contribution is 2.28. The van der Waals surface area contributed by atoms with Gasteiger partial charge in [0.2, 0.25) is 0 Å². The third-order valence-electron chi connectivity index (χ3n) is 3.44. The van der Waals surface area contributed by atoms with Crippen molar-refractivity contribution in [3.05, 3.63) is 23.8 Å². The van der Waals surface area contributed by atoms with Crippen LogP contribution in [-0.2, 0) is 4.79 Å². The van der Waals surface area contributed by atoms with Crippen molar-refractivity contribution in [3.63, 3.8) is 0 Å². The van der Waals surface area contributed by atoms with Gasteiger partial charge in [-0.1, -0.05) is 0 Å². The Morgan fingerprint density at radius 2 is 1.77 bits per heavy atom. The van der Waals surface area contributed by atoms with Crippen LogP contribution in [0.4, 0.5) is 24.5 Å². The zero-order valence-corrected chi connectivity index (χ0v) is 11.6. The molecule has 0 aromatic heterocycles. The molecule has 1 aliphatic heterocycles. The van der Waals surface area contributed by atoms with Gasteiger partial charge in [-0.25, -0.2) is 4.79 Å². The minimum atomic E-state index is -5.02. The number of alkyl halides is 3. The molecule has 5 nitrogen and oxygen atoms in total. The molecule has 0 radical (unpaired) electrons. The number of aromatic carboxylic acids is 1. The molecule has 8 heteroatoms. The van der Waals surface area contributed by atoms with Crippen LogP contribution in [-0.4, -0.2) is 36.2 Å². The monoisotopic (exact) mass is 316 g/mol. The molecule has 1 aromatic rings. The number of amides is 1. The lowest BCUT2D eigenvalue weighted by Crippen LogP contribution is -2.31. The Bertz CT molecular complexity index is 581. The van der Waals surface area contributed by atoms with Gasteiger partial charge < -0.3 is 15.3 Å². The van der Waals surface area contributed by atoms with Crippen LogP contribution in [0.15, 0.2) is 18.2 Å². The van der Waals surface area contributed by atoms with Crippen molar-refractivity contribution in [3.8, 4) is 0 Å². The fraction of sp³-hybridized carbons (Fsp3) is 0.429. The molecule has 120 valence electrons. The SMILES string of the molecule is O=C(O)c1cc(NC(=O)C(F)(F)F)ccc1N1CCCCC1. The van der Waals surface area contributed by atoms with Crippen molar-refractivity contribution in [2.24, 2.45) is 0 Å². The highest BCUT2D eigenvalue weighted by Gasteiger charge is 2.38. The summed E-state index contributed by atoms with van der Waals surface area (Å²) in [6, 6.07) is 3.76. The van der Waals surface area contributed by atoms with Crippen LogP contribution >= 0.6 is 0 Å². The Labute approximate surface area is 124 Å². The molecule has 1 aliphatic rings. The molecule has 0 saturated carbocycles. The van der Waals surface area contributed by atoms with Crippen molar-refractivity contribution >= 4 is 23.3 Å². The van der Waals surface area contributed by atoms with Gasteiger partial charge in [0.25, 0.3) is 0 Å². The first-order valence-electron chi connectivity index (χ1n) is 6.79. The topological polar surface area (TPSA) is 69.6 Å². The predicted molar refractivity (Wildman–Crippen MR) is 74.2 cm³/mol. The molecule has 1 aromatic carbocycles. The number of piperidine rings is 1. The van der Waals surface area contributed by atoms with E-state index in [0.717, 1.165) is 25.3 Å². The molecule has 0 bridgehead atoms. The highest BCUT2D eigenvalue weighted by atomic mass is 19.4. The summed E-state index contributed by atoms with van der Waals surface area (Å²) < 4.78 is 36.7. The van der Waals surface area contributed by atoms with Crippen LogP contribution in [0.5, 0.6) is 0 Å². The van der Waals surface area contributed by atoms with Crippen molar-refractivity contribution < 1.29 is 27.9 Å². The van der Waals surface area contributed by atoms with E-state index in [0.29, 0.717) is 18.8 Å². The Balaban J connectivity index is 2.27. The van der Waals surface area contributed by atoms with Gasteiger partial charge in [0.1, 0.15) is 0 Å². The molecule has 1 amide bonds. The zero-order valence-electron chi connectivity index (χ0n) is 11.6. The van der Waals surface area contributed by atoms with E-state index < -0.39 is 18.1 Å². The molecule has 0 aliphatic carbocycles. The fourth-order valence-electron chi connectivity index (χ4n) is 2.40. The lowest BCUT2D eigenvalue weighted by molar-refractivity contribution is -0.167. The van der Waals surface area contributed by atoms with Crippen molar-refractivity contribution in [1.82, 2.24) is 0 Å². The standard InChI is InChI=1S/C14H15F3N2O3/c15-14(16,17)13(22)18-9-4-5-11(10(8-9)12(20)21)19-6-2-1-3-7-19/h4-5,8H,1-3,6-7H2,(H,18,22)(H,20,21). The number of rotatable bonds is 3. The molecule has 1 heterocycles. The van der Waals surface area contributed by atoms with Crippen molar-refractivity contribution in [2.75, 3.05) is 23.3 Å². The molecule has 1 saturated heterocycles. The molecule has 22 heavy (non-hydrogen) atoms. The summed E-state index contributed by atoms with van der Waals surface area (Å²) in [6.07, 6.45) is -2.08. The normalized spacial score (nSPS) is 15.5. The number of carboxylic acid groups (broad SMARTS) is 1. The molecular formula is C14H15F3N2O3. The number of hydrogen-bond donors (Lipinski definition) is 2. The first-order chi connectivity index (χ1) is 10.3. The molecule has 0 atom stereocenters. The number of benzene rings is 1. The van der Waals surface area contributed by atoms with Crippen molar-refractivity contribution in [1.29, 1.82) is 0 Å². The molecule has 1 fully saturated rings. The summed E-state index contributed by atoms with van der Waals surface area (Å²) in [5.41, 5.74) is 0.138. The van der Waals surface area contributed by atoms with Crippen LogP contribution in [0.2, 0.25) is 0 Å². The zero-order chi connectivity index (χ0) is 16.3. The number of anilines is 2. The van der Waals surface area contributed by atoms with Crippen molar-refractivity contribution in [2.45, 2.75) is 25.4 Å². The first kappa shape index (κ1) is 16.1. The number of nitrogens with zero attached hydrogens (tertiary/aromatic N) is 1. The first-order valence-corrected chi connectivity index (χ1v) is 6.79. The minimum absolute atomic E-state index is 0.123. The van der Waals surface area contributed by atoms with Gasteiger partial charge in [0.05, 0.1) is 11.3 Å². The van der Waals surface area contributed by atoms with E-state index in [4.69, 9.17) is 0 Å². The number of carboxylic acids is 1. The van der Waals surface area contributed by atoms with E-state index >= 15 is 0 Å². The smallest absolute Gasteiger partial charge is 0.471 e. The number of halogens is 3. The fourth-order valence-corrected chi connectivity index (χ4v) is 2.40. The third kappa shape index (κ3) is 3.69. The molecule has 2 rings (SSSR count). The number of carbonyl (C=O) groups is 2. The second kappa shape index (κ2) is 6.25. The lowest BCUT2D eigenvalue weighted by atomic mass is 10.1. The van der Waals surface area contributed by atoms with E-state index in [2.05, 4.69) is 0 Å². The highest BCUT2D eigenvalue weighted by molar-refractivity contribution is 5.99. The van der Waals surface area contributed by atoms with Gasteiger partial charge in [-0.2, -0.15) is 13.2 Å². The average Bonchev–Trinajstić information content (AvgIpc) is 2.47. The van der Waals surface area contributed by atoms with E-state index in [1.54, 1.807) is 5.32 Å². The predicted octanol–water partition coefficient (Wildman–Crippen LogP) is 2.88. The lowest BCUT2D eigenvalue weighted by Gasteiger charge is -2.30. The maximum absolute atomic E-state index is 12.2. The van der Waals surface area contributed by atoms with Crippen LogP contribution in [0.3, 0.4) is 0 Å². The van der Waals surface area contributed by atoms with Gasteiger partial charge in [-0.05, 0) is 37.5 Å². The number of hydrogen-bond acceptors (Lipinski definition) is 3. The van der Waals surface area contributed by atoms with Gasteiger partial charge in [0.15, 0.2) is 0 Å². The van der Waals surface area contributed by atoms with Crippen LogP contribution in [0.25, 0.3) is 0 Å². The largest absolute Gasteiger partial charge is 0.478 e. The maximum Gasteiger partial charge on any atom is 0.471 e. The second-order valence-electron chi connectivity index (χ2n) is 5.04. The molecule has 2 N–H and O–H groups in total. The summed E-state index contributed by atoms with van der Waals surface area (Å²) in [6.45, 7) is 1.41. The Kier molecular flexibility index (Phi) is 4.58. The van der Waals surface area contributed by atoms with E-state index in [-0.39, 0.29) is 11.3 Å². The molecule has 0 unspecified atom stereocenters. The summed E-state index contributed by atoms with van der Waals surface area (Å²) in [5.74, 6) is -3.38. The summed E-state index contributed by atoms with van der Waals surface area (Å²) >= 11 is 0. The Morgan fingerprint density at radius 1 is 1.14 bits per heavy atom. The van der Waals surface area contributed by atoms with Crippen LogP contribution in [0.1, 0.15) is 29.6 Å². The van der Waals surface area contributed by atoms with Gasteiger partial charge >= 0.3 is 18.1 Å². The quantitative estimate of drug-likeness (QED) is 0.899. The maximum atomic E-state index is 12.2. The van der Waals surface area contributed by atoms with E-state index in [9.17, 15) is 27.9 Å². The Hall–Kier alpha value is -2.25. The average molecular weight is 316 g/mol. The summed E-state index contributed by atoms with van der Waals surface area (Å²) in [5, 5.41) is 10.9.